The van der Waals surface area contributed by atoms with E-state index in [1.165, 1.54) is 37.6 Å². The van der Waals surface area contributed by atoms with Crippen LogP contribution in [0.5, 0.6) is 17.2 Å². The first kappa shape index (κ1) is 17.3. The second kappa shape index (κ2) is 8.52. The fourth-order valence-electron chi connectivity index (χ4n) is 1.82. The second-order valence-corrected chi connectivity index (χ2v) is 4.65. The minimum absolute atomic E-state index is 0.227. The van der Waals surface area contributed by atoms with E-state index in [9.17, 15) is 9.18 Å². The van der Waals surface area contributed by atoms with Gasteiger partial charge >= 0.3 is 0 Å². The number of halogens is 1. The summed E-state index contributed by atoms with van der Waals surface area (Å²) in [7, 11) is 3.08. The van der Waals surface area contributed by atoms with Crippen molar-refractivity contribution in [3.8, 4) is 17.2 Å². The van der Waals surface area contributed by atoms with Crippen molar-refractivity contribution in [2.24, 2.45) is 5.10 Å². The Morgan fingerprint density at radius 1 is 1.12 bits per heavy atom. The maximum absolute atomic E-state index is 12.7. The summed E-state index contributed by atoms with van der Waals surface area (Å²) in [5.74, 6) is 0.761. The first-order chi connectivity index (χ1) is 11.6. The van der Waals surface area contributed by atoms with Crippen molar-refractivity contribution in [1.82, 2.24) is 5.43 Å². The summed E-state index contributed by atoms with van der Waals surface area (Å²) in [5.41, 5.74) is 3.07. The SMILES string of the molecule is COc1ccc(/C=N/NC(=O)COc2ccc(F)cc2)cc1OC. The molecule has 0 radical (unpaired) electrons. The van der Waals surface area contributed by atoms with Gasteiger partial charge in [0.05, 0.1) is 20.4 Å². The van der Waals surface area contributed by atoms with Crippen LogP contribution in [0.3, 0.4) is 0 Å². The fourth-order valence-corrected chi connectivity index (χ4v) is 1.82. The minimum atomic E-state index is -0.434. The third kappa shape index (κ3) is 4.98. The van der Waals surface area contributed by atoms with Gasteiger partial charge in [0.15, 0.2) is 18.1 Å². The van der Waals surface area contributed by atoms with E-state index in [0.717, 1.165) is 5.56 Å². The highest BCUT2D eigenvalue weighted by molar-refractivity contribution is 5.83. The molecule has 0 spiro atoms. The molecule has 6 nitrogen and oxygen atoms in total. The Hall–Kier alpha value is -3.09. The number of benzene rings is 2. The molecule has 0 aliphatic carbocycles. The van der Waals surface area contributed by atoms with Crippen LogP contribution in [0.15, 0.2) is 47.6 Å². The lowest BCUT2D eigenvalue weighted by molar-refractivity contribution is -0.123. The van der Waals surface area contributed by atoms with E-state index < -0.39 is 5.91 Å². The Bertz CT molecular complexity index is 717. The van der Waals surface area contributed by atoms with E-state index in [1.54, 1.807) is 25.3 Å². The normalized spacial score (nSPS) is 10.5. The number of ether oxygens (including phenoxy) is 3. The van der Waals surface area contributed by atoms with E-state index in [2.05, 4.69) is 10.5 Å². The van der Waals surface area contributed by atoms with Gasteiger partial charge in [0.2, 0.25) is 0 Å². The molecule has 1 N–H and O–H groups in total. The fraction of sp³-hybridized carbons (Fsp3) is 0.176. The molecule has 0 aliphatic heterocycles. The molecule has 0 saturated carbocycles. The number of hydrogen-bond acceptors (Lipinski definition) is 5. The molecule has 0 fully saturated rings. The minimum Gasteiger partial charge on any atom is -0.493 e. The number of carbonyl (C=O) groups excluding carboxylic acids is 1. The van der Waals surface area contributed by atoms with Crippen molar-refractivity contribution in [1.29, 1.82) is 0 Å². The summed E-state index contributed by atoms with van der Waals surface area (Å²) in [5, 5.41) is 3.84. The summed E-state index contributed by atoms with van der Waals surface area (Å²) in [6.45, 7) is -0.227. The van der Waals surface area contributed by atoms with E-state index in [1.807, 2.05) is 0 Å². The van der Waals surface area contributed by atoms with Gasteiger partial charge in [0.25, 0.3) is 5.91 Å². The molecule has 0 aromatic heterocycles. The van der Waals surface area contributed by atoms with E-state index in [-0.39, 0.29) is 12.4 Å². The molecule has 0 aliphatic rings. The zero-order chi connectivity index (χ0) is 17.4. The molecule has 7 heteroatoms. The van der Waals surface area contributed by atoms with Crippen molar-refractivity contribution in [2.45, 2.75) is 0 Å². The zero-order valence-corrected chi connectivity index (χ0v) is 13.3. The smallest absolute Gasteiger partial charge is 0.277 e. The summed E-state index contributed by atoms with van der Waals surface area (Å²) < 4.78 is 28.3. The number of nitrogens with one attached hydrogen (secondary N) is 1. The van der Waals surface area contributed by atoms with Crippen LogP contribution in [0.2, 0.25) is 0 Å². The number of carbonyl (C=O) groups is 1. The lowest BCUT2D eigenvalue weighted by Gasteiger charge is -2.07. The van der Waals surface area contributed by atoms with Crippen molar-refractivity contribution in [3.05, 3.63) is 53.8 Å². The van der Waals surface area contributed by atoms with E-state index in [4.69, 9.17) is 14.2 Å². The standard InChI is InChI=1S/C17H17FN2O4/c1-22-15-8-3-12(9-16(15)23-2)10-19-20-17(21)11-24-14-6-4-13(18)5-7-14/h3-10H,11H2,1-2H3,(H,20,21)/b19-10+. The zero-order valence-electron chi connectivity index (χ0n) is 13.3. The summed E-state index contributed by atoms with van der Waals surface area (Å²) >= 11 is 0. The molecule has 126 valence electrons. The van der Waals surface area contributed by atoms with Gasteiger partial charge in [-0.2, -0.15) is 5.10 Å². The summed E-state index contributed by atoms with van der Waals surface area (Å²) in [6.07, 6.45) is 1.47. The number of hydrogen-bond donors (Lipinski definition) is 1. The molecular weight excluding hydrogens is 315 g/mol. The topological polar surface area (TPSA) is 69.2 Å². The molecule has 2 aromatic rings. The lowest BCUT2D eigenvalue weighted by atomic mass is 10.2. The maximum Gasteiger partial charge on any atom is 0.277 e. The van der Waals surface area contributed by atoms with Gasteiger partial charge in [-0.1, -0.05) is 0 Å². The van der Waals surface area contributed by atoms with Crippen LogP contribution >= 0.6 is 0 Å². The van der Waals surface area contributed by atoms with Crippen molar-refractivity contribution < 1.29 is 23.4 Å². The highest BCUT2D eigenvalue weighted by Crippen LogP contribution is 2.26. The Morgan fingerprint density at radius 2 is 1.83 bits per heavy atom. The molecule has 0 bridgehead atoms. The predicted octanol–water partition coefficient (Wildman–Crippen LogP) is 2.37. The third-order valence-electron chi connectivity index (χ3n) is 2.99. The van der Waals surface area contributed by atoms with Gasteiger partial charge in [-0.05, 0) is 48.0 Å². The van der Waals surface area contributed by atoms with Gasteiger partial charge in [-0.15, -0.1) is 0 Å². The number of amides is 1. The largest absolute Gasteiger partial charge is 0.493 e. The Labute approximate surface area is 138 Å². The van der Waals surface area contributed by atoms with Gasteiger partial charge in [-0.3, -0.25) is 4.79 Å². The van der Waals surface area contributed by atoms with E-state index in [0.29, 0.717) is 17.2 Å². The Kier molecular flexibility index (Phi) is 6.13. The van der Waals surface area contributed by atoms with Crippen LogP contribution in [-0.4, -0.2) is 32.9 Å². The molecule has 24 heavy (non-hydrogen) atoms. The Morgan fingerprint density at radius 3 is 2.50 bits per heavy atom. The first-order valence-electron chi connectivity index (χ1n) is 7.04. The molecule has 0 heterocycles. The number of hydrazone groups is 1. The molecule has 0 unspecified atom stereocenters. The third-order valence-corrected chi connectivity index (χ3v) is 2.99. The van der Waals surface area contributed by atoms with Crippen molar-refractivity contribution >= 4 is 12.1 Å². The quantitative estimate of drug-likeness (QED) is 0.624. The molecule has 2 rings (SSSR count). The second-order valence-electron chi connectivity index (χ2n) is 4.65. The van der Waals surface area contributed by atoms with Gasteiger partial charge < -0.3 is 14.2 Å². The summed E-state index contributed by atoms with van der Waals surface area (Å²) in [6, 6.07) is 10.6. The van der Waals surface area contributed by atoms with Crippen LogP contribution in [0.4, 0.5) is 4.39 Å². The highest BCUT2D eigenvalue weighted by atomic mass is 19.1. The van der Waals surface area contributed by atoms with Gasteiger partial charge in [0.1, 0.15) is 11.6 Å². The maximum atomic E-state index is 12.7. The van der Waals surface area contributed by atoms with Crippen LogP contribution in [0, 0.1) is 5.82 Å². The molecule has 0 atom stereocenters. The van der Waals surface area contributed by atoms with E-state index >= 15 is 0 Å². The molecule has 1 amide bonds. The van der Waals surface area contributed by atoms with Crippen LogP contribution in [-0.2, 0) is 4.79 Å². The van der Waals surface area contributed by atoms with Gasteiger partial charge in [0, 0.05) is 0 Å². The summed E-state index contributed by atoms with van der Waals surface area (Å²) in [4.78, 5) is 11.6. The Balaban J connectivity index is 1.84. The van der Waals surface area contributed by atoms with Crippen molar-refractivity contribution in [3.63, 3.8) is 0 Å². The number of rotatable bonds is 7. The van der Waals surface area contributed by atoms with Crippen molar-refractivity contribution in [2.75, 3.05) is 20.8 Å². The predicted molar refractivity (Wildman–Crippen MR) is 87.2 cm³/mol. The average Bonchev–Trinajstić information content (AvgIpc) is 2.61. The first-order valence-corrected chi connectivity index (χ1v) is 7.04. The highest BCUT2D eigenvalue weighted by Gasteiger charge is 2.04. The molecule has 0 saturated heterocycles. The lowest BCUT2D eigenvalue weighted by Crippen LogP contribution is -2.24. The van der Waals surface area contributed by atoms with Crippen LogP contribution in [0.25, 0.3) is 0 Å². The number of methoxy groups -OCH3 is 2. The monoisotopic (exact) mass is 332 g/mol. The average molecular weight is 332 g/mol. The van der Waals surface area contributed by atoms with Crippen LogP contribution in [0.1, 0.15) is 5.56 Å². The van der Waals surface area contributed by atoms with Crippen LogP contribution < -0.4 is 19.6 Å². The molecular formula is C17H17FN2O4. The van der Waals surface area contributed by atoms with Gasteiger partial charge in [-0.25, -0.2) is 9.82 Å². The molecule has 2 aromatic carbocycles. The number of nitrogens with zero attached hydrogens (tertiary/aromatic N) is 1.